The van der Waals surface area contributed by atoms with Crippen LogP contribution in [0.5, 0.6) is 0 Å². The van der Waals surface area contributed by atoms with Gasteiger partial charge in [0.25, 0.3) is 0 Å². The molecule has 0 aromatic heterocycles. The average Bonchev–Trinajstić information content (AvgIpc) is 2.41. The summed E-state index contributed by atoms with van der Waals surface area (Å²) in [6.07, 6.45) is 7.16. The third-order valence-electron chi connectivity index (χ3n) is 1.60. The monoisotopic (exact) mass is 305 g/mol. The summed E-state index contributed by atoms with van der Waals surface area (Å²) in [4.78, 5) is 0. The van der Waals surface area contributed by atoms with Gasteiger partial charge in [0, 0.05) is 32.7 Å². The van der Waals surface area contributed by atoms with Gasteiger partial charge < -0.3 is 0 Å². The first-order valence-electron chi connectivity index (χ1n) is 6.03. The summed E-state index contributed by atoms with van der Waals surface area (Å²) in [6, 6.07) is 11.1. The predicted molar refractivity (Wildman–Crippen MR) is 75.1 cm³/mol. The van der Waals surface area contributed by atoms with Crippen molar-refractivity contribution in [3.63, 3.8) is 0 Å². The zero-order valence-electron chi connectivity index (χ0n) is 12.0. The van der Waals surface area contributed by atoms with E-state index in [1.54, 1.807) is 0 Å². The molecule has 0 unspecified atom stereocenters. The third-order valence-corrected chi connectivity index (χ3v) is 1.60. The van der Waals surface area contributed by atoms with Crippen LogP contribution in [0.15, 0.2) is 36.4 Å². The van der Waals surface area contributed by atoms with Crippen molar-refractivity contribution in [2.24, 2.45) is 0 Å². The fourth-order valence-electron chi connectivity index (χ4n) is 1.04. The first-order chi connectivity index (χ1) is 7.88. The number of benzene rings is 1. The first kappa shape index (κ1) is 22.0. The van der Waals surface area contributed by atoms with Crippen molar-refractivity contribution < 1.29 is 32.7 Å². The van der Waals surface area contributed by atoms with Gasteiger partial charge in [0.05, 0.1) is 0 Å². The Morgan fingerprint density at radius 2 is 1.76 bits per heavy atom. The summed E-state index contributed by atoms with van der Waals surface area (Å²) in [5.41, 5.74) is 2.19. The Morgan fingerprint density at radius 1 is 1.18 bits per heavy atom. The molecular weight excluding hydrogens is 281 g/mol. The van der Waals surface area contributed by atoms with Crippen LogP contribution in [-0.4, -0.2) is 0 Å². The summed E-state index contributed by atoms with van der Waals surface area (Å²) >= 11 is 0. The van der Waals surface area contributed by atoms with Crippen molar-refractivity contribution in [3.05, 3.63) is 54.1 Å². The van der Waals surface area contributed by atoms with Gasteiger partial charge in [0.1, 0.15) is 0 Å². The van der Waals surface area contributed by atoms with Gasteiger partial charge in [-0.2, -0.15) is 18.2 Å². The van der Waals surface area contributed by atoms with E-state index in [0.29, 0.717) is 0 Å². The van der Waals surface area contributed by atoms with Crippen molar-refractivity contribution in [1.82, 2.24) is 0 Å². The number of hydrogen-bond donors (Lipinski definition) is 0. The second-order valence-corrected chi connectivity index (χ2v) is 2.44. The van der Waals surface area contributed by atoms with Gasteiger partial charge in [-0.05, 0) is 0 Å². The second kappa shape index (κ2) is 18.2. The summed E-state index contributed by atoms with van der Waals surface area (Å²) in [7, 11) is 0. The van der Waals surface area contributed by atoms with E-state index in [9.17, 15) is 0 Å². The van der Waals surface area contributed by atoms with Gasteiger partial charge in [0.15, 0.2) is 0 Å². The van der Waals surface area contributed by atoms with Gasteiger partial charge in [-0.15, -0.1) is 13.0 Å². The van der Waals surface area contributed by atoms with E-state index in [1.165, 1.54) is 0 Å². The van der Waals surface area contributed by atoms with E-state index in [2.05, 4.69) is 12.1 Å². The largest absolute Gasteiger partial charge is 0.273 e. The van der Waals surface area contributed by atoms with Crippen molar-refractivity contribution in [2.45, 2.75) is 41.5 Å². The molecular formula is C16H24Y-2. The van der Waals surface area contributed by atoms with E-state index in [4.69, 9.17) is 0 Å². The van der Waals surface area contributed by atoms with Crippen molar-refractivity contribution in [1.29, 1.82) is 0 Å². The molecule has 0 spiro atoms. The van der Waals surface area contributed by atoms with Crippen LogP contribution < -0.4 is 0 Å². The molecule has 17 heavy (non-hydrogen) atoms. The Hall–Kier alpha value is -0.196. The topological polar surface area (TPSA) is 0 Å². The van der Waals surface area contributed by atoms with Crippen LogP contribution >= 0.6 is 0 Å². The Kier molecular flexibility index (Phi) is 23.6. The summed E-state index contributed by atoms with van der Waals surface area (Å²) in [6.45, 7) is 11.9. The molecule has 1 rings (SSSR count). The van der Waals surface area contributed by atoms with E-state index >= 15 is 0 Å². The minimum Gasteiger partial charge on any atom is -0.273 e. The minimum absolute atomic E-state index is 0. The predicted octanol–water partition coefficient (Wildman–Crippen LogP) is 5.32. The normalized spacial score (nSPS) is 9.41. The van der Waals surface area contributed by atoms with E-state index in [0.717, 1.165) is 11.1 Å². The molecule has 0 saturated carbocycles. The maximum Gasteiger partial charge on any atom is 0 e. The quantitative estimate of drug-likeness (QED) is 0.512. The molecule has 0 fully saturated rings. The molecule has 0 aliphatic carbocycles. The molecule has 0 N–H and O–H groups in total. The Balaban J connectivity index is -0.000000355. The third kappa shape index (κ3) is 10.7. The molecule has 1 aromatic carbocycles. The maximum atomic E-state index is 3.15. The smallest absolute Gasteiger partial charge is 0 e. The van der Waals surface area contributed by atoms with Crippen LogP contribution in [0.3, 0.4) is 0 Å². The molecule has 0 nitrogen and oxygen atoms in total. The SMILES string of the molecule is CC.CC.C[C-]=C(/C=C\C)c1[c-]cccc1.[Y]. The van der Waals surface area contributed by atoms with E-state index in [1.807, 2.05) is 78.0 Å². The number of hydrogen-bond acceptors (Lipinski definition) is 0. The molecule has 1 heteroatoms. The van der Waals surface area contributed by atoms with Crippen LogP contribution in [0.1, 0.15) is 47.1 Å². The molecule has 0 amide bonds. The van der Waals surface area contributed by atoms with Gasteiger partial charge in [-0.3, -0.25) is 17.2 Å². The molecule has 0 saturated heterocycles. The van der Waals surface area contributed by atoms with Crippen LogP contribution in [-0.2, 0) is 32.7 Å². The van der Waals surface area contributed by atoms with Gasteiger partial charge >= 0.3 is 0 Å². The zero-order chi connectivity index (χ0) is 12.8. The second-order valence-electron chi connectivity index (χ2n) is 2.44. The standard InChI is InChI=1S/C12H12.2C2H6.Y/c1-3-8-11(4-2)12-9-6-5-7-10-12;2*1-2;/h3,5-9H,1-2H3;2*1-2H3;/q-2;;;/b8-3-;;;. The Morgan fingerprint density at radius 3 is 2.12 bits per heavy atom. The molecule has 93 valence electrons. The van der Waals surface area contributed by atoms with Crippen molar-refractivity contribution in [3.8, 4) is 0 Å². The molecule has 0 aliphatic heterocycles. The first-order valence-corrected chi connectivity index (χ1v) is 6.03. The van der Waals surface area contributed by atoms with Gasteiger partial charge in [0.2, 0.25) is 0 Å². The molecule has 0 atom stereocenters. The van der Waals surface area contributed by atoms with E-state index in [-0.39, 0.29) is 32.7 Å². The fraction of sp³-hybridized carbons (Fsp3) is 0.375. The van der Waals surface area contributed by atoms with Gasteiger partial charge in [-0.25, -0.2) is 18.2 Å². The van der Waals surface area contributed by atoms with Crippen LogP contribution in [0.4, 0.5) is 0 Å². The van der Waals surface area contributed by atoms with Crippen LogP contribution in [0.2, 0.25) is 0 Å². The summed E-state index contributed by atoms with van der Waals surface area (Å²) in [5, 5.41) is 0. The van der Waals surface area contributed by atoms with Crippen LogP contribution in [0, 0.1) is 12.1 Å². The molecule has 0 bridgehead atoms. The maximum absolute atomic E-state index is 3.15. The van der Waals surface area contributed by atoms with Crippen LogP contribution in [0.25, 0.3) is 5.57 Å². The average molecular weight is 305 g/mol. The summed E-state index contributed by atoms with van der Waals surface area (Å²) in [5.74, 6) is 0. The van der Waals surface area contributed by atoms with Crippen molar-refractivity contribution >= 4 is 5.57 Å². The number of allylic oxidation sites excluding steroid dienone is 4. The van der Waals surface area contributed by atoms with E-state index < -0.39 is 0 Å². The molecule has 1 radical (unpaired) electrons. The van der Waals surface area contributed by atoms with Crippen molar-refractivity contribution in [2.75, 3.05) is 0 Å². The Labute approximate surface area is 133 Å². The summed E-state index contributed by atoms with van der Waals surface area (Å²) < 4.78 is 0. The molecule has 1 aromatic rings. The fourth-order valence-corrected chi connectivity index (χ4v) is 1.04. The number of rotatable bonds is 2. The zero-order valence-corrected chi connectivity index (χ0v) is 14.9. The van der Waals surface area contributed by atoms with Gasteiger partial charge in [-0.1, -0.05) is 34.6 Å². The molecule has 0 aliphatic rings. The molecule has 0 heterocycles. The Bertz CT molecular complexity index is 284. The minimum atomic E-state index is 0.